The van der Waals surface area contributed by atoms with Crippen LogP contribution in [0, 0.1) is 63.1 Å². The van der Waals surface area contributed by atoms with Crippen LogP contribution in [-0.4, -0.2) is 119 Å². The zero-order valence-corrected chi connectivity index (χ0v) is 40.2. The molecule has 19 unspecified atom stereocenters. The maximum atomic E-state index is 15.6. The number of allylic oxidation sites excluding steroid dienone is 2. The van der Waals surface area contributed by atoms with Gasteiger partial charge in [-0.3, -0.25) is 4.79 Å². The average molecular weight is 918 g/mol. The molecule has 2 spiro atoms. The Morgan fingerprint density at radius 2 is 1.71 bits per heavy atom. The van der Waals surface area contributed by atoms with Gasteiger partial charge in [-0.05, 0) is 127 Å². The normalized spacial score (nSPS) is 50.9. The van der Waals surface area contributed by atoms with E-state index in [9.17, 15) is 46.0 Å². The smallest absolute Gasteiger partial charge is 0.160 e. The molecule has 9 aliphatic carbocycles. The summed E-state index contributed by atoms with van der Waals surface area (Å²) in [5, 5.41) is 115. The Hall–Kier alpha value is -2.39. The van der Waals surface area contributed by atoms with Gasteiger partial charge < -0.3 is 56.0 Å². The van der Waals surface area contributed by atoms with Crippen molar-refractivity contribution in [3.63, 3.8) is 0 Å². The minimum Gasteiger partial charge on any atom is -0.508 e. The van der Waals surface area contributed by atoms with Crippen molar-refractivity contribution in [2.45, 2.75) is 178 Å². The summed E-state index contributed by atoms with van der Waals surface area (Å²) in [5.74, 6) is -4.59. The number of hydrogen-bond donors (Lipinski definition) is 10. The molecular weight excluding hydrogens is 839 g/mol. The standard InChI is InChI=1S/C54H79NO11/c1-7-9-10-11-30-18-32(27-57)50(22-30)28-49(6)45-40(66-54(52(45,64)16-17-56)36-13-14-47(4,29(3)46(54)62)23-31(36)26-55-8-2)24-53(49,65)37-21-39(60)43-42-35-19-33(58)20-38(59)34(35)12-15-51(42,63)41(61)25-48(43,5)44(37)50/h19-21,23,29-30,32,36,40-46,55-59,61-65H,7-18,22,24-28H2,1-6H3. The molecule has 12 nitrogen and oxygen atoms in total. The van der Waals surface area contributed by atoms with Gasteiger partial charge in [0.15, 0.2) is 5.78 Å². The average Bonchev–Trinajstić information content (AvgIpc) is 3.78. The first-order chi connectivity index (χ1) is 31.1. The number of likely N-dealkylation sites (N-methyl/N-ethyl adjacent to an activating group) is 1. The van der Waals surface area contributed by atoms with Gasteiger partial charge in [-0.1, -0.05) is 78.9 Å². The third-order valence-corrected chi connectivity index (χ3v) is 21.5. The Balaban J connectivity index is 1.18. The molecule has 10 aliphatic rings. The van der Waals surface area contributed by atoms with E-state index in [0.29, 0.717) is 42.5 Å². The summed E-state index contributed by atoms with van der Waals surface area (Å²) < 4.78 is 7.52. The lowest BCUT2D eigenvalue weighted by Crippen LogP contribution is -2.73. The maximum absolute atomic E-state index is 15.6. The van der Waals surface area contributed by atoms with E-state index in [-0.39, 0.29) is 91.7 Å². The number of carbonyl (C=O) groups is 1. The fourth-order valence-electron chi connectivity index (χ4n) is 18.9. The molecule has 2 bridgehead atoms. The van der Waals surface area contributed by atoms with Gasteiger partial charge in [0.1, 0.15) is 22.7 Å². The van der Waals surface area contributed by atoms with Crippen molar-refractivity contribution in [3.8, 4) is 11.5 Å². The molecule has 1 heterocycles. The highest BCUT2D eigenvalue weighted by Crippen LogP contribution is 2.81. The maximum Gasteiger partial charge on any atom is 0.160 e. The number of phenolic OH excluding ortho intramolecular Hbond substituents is 2. The minimum absolute atomic E-state index is 0.0393. The molecule has 5 saturated carbocycles. The van der Waals surface area contributed by atoms with Gasteiger partial charge in [-0.15, -0.1) is 0 Å². The first-order valence-corrected chi connectivity index (χ1v) is 25.8. The highest BCUT2D eigenvalue weighted by molar-refractivity contribution is 5.96. The predicted octanol–water partition coefficient (Wildman–Crippen LogP) is 5.33. The number of ketones is 1. The van der Waals surface area contributed by atoms with Gasteiger partial charge in [-0.2, -0.15) is 0 Å². The third kappa shape index (κ3) is 5.80. The van der Waals surface area contributed by atoms with Crippen molar-refractivity contribution < 1.29 is 55.5 Å². The van der Waals surface area contributed by atoms with E-state index in [1.807, 2.05) is 20.8 Å². The summed E-state index contributed by atoms with van der Waals surface area (Å²) in [6.45, 7) is 13.3. The molecule has 0 amide bonds. The molecule has 0 radical (unpaired) electrons. The van der Waals surface area contributed by atoms with Crippen molar-refractivity contribution in [1.82, 2.24) is 5.32 Å². The lowest BCUT2D eigenvalue weighted by molar-refractivity contribution is -0.257. The van der Waals surface area contributed by atoms with Crippen molar-refractivity contribution in [2.75, 3.05) is 26.3 Å². The van der Waals surface area contributed by atoms with E-state index in [0.717, 1.165) is 50.6 Å². The number of rotatable bonds is 10. The van der Waals surface area contributed by atoms with Gasteiger partial charge in [0.25, 0.3) is 0 Å². The molecule has 66 heavy (non-hydrogen) atoms. The van der Waals surface area contributed by atoms with E-state index in [1.165, 1.54) is 12.1 Å². The molecule has 6 fully saturated rings. The van der Waals surface area contributed by atoms with Crippen LogP contribution in [0.5, 0.6) is 11.5 Å². The molecule has 10 N–H and O–H groups in total. The summed E-state index contributed by atoms with van der Waals surface area (Å²) in [7, 11) is 0. The van der Waals surface area contributed by atoms with Crippen LogP contribution in [-0.2, 0) is 16.0 Å². The fraction of sp³-hybridized carbons (Fsp3) is 0.796. The summed E-state index contributed by atoms with van der Waals surface area (Å²) in [4.78, 5) is 15.6. The van der Waals surface area contributed by atoms with E-state index in [1.54, 1.807) is 6.08 Å². The van der Waals surface area contributed by atoms with Crippen LogP contribution in [0.2, 0.25) is 0 Å². The number of unbranched alkanes of at least 4 members (excludes halogenated alkanes) is 2. The lowest BCUT2D eigenvalue weighted by Gasteiger charge is -2.70. The van der Waals surface area contributed by atoms with Crippen molar-refractivity contribution >= 4 is 5.78 Å². The molecule has 366 valence electrons. The Morgan fingerprint density at radius 1 is 0.955 bits per heavy atom. The molecule has 1 aliphatic heterocycles. The molecule has 19 atom stereocenters. The largest absolute Gasteiger partial charge is 0.508 e. The number of hydrogen-bond acceptors (Lipinski definition) is 12. The Labute approximate surface area is 390 Å². The van der Waals surface area contributed by atoms with E-state index >= 15 is 4.79 Å². The molecule has 12 heteroatoms. The number of aromatic hydroxyl groups is 2. The van der Waals surface area contributed by atoms with E-state index in [2.05, 4.69) is 32.2 Å². The van der Waals surface area contributed by atoms with Gasteiger partial charge in [0.05, 0.1) is 29.5 Å². The van der Waals surface area contributed by atoms with Crippen LogP contribution in [0.4, 0.5) is 0 Å². The molecule has 11 rings (SSSR count). The van der Waals surface area contributed by atoms with E-state index in [4.69, 9.17) is 4.74 Å². The summed E-state index contributed by atoms with van der Waals surface area (Å²) in [6, 6.07) is 2.80. The highest BCUT2D eigenvalue weighted by Gasteiger charge is 2.85. The number of carbonyl (C=O) groups excluding carboxylic acids is 1. The summed E-state index contributed by atoms with van der Waals surface area (Å²) >= 11 is 0. The lowest BCUT2D eigenvalue weighted by atomic mass is 9.35. The Kier molecular flexibility index (Phi) is 11.1. The zero-order chi connectivity index (χ0) is 47.4. The second kappa shape index (κ2) is 15.6. The molecular formula is C54H79NO11. The SMILES string of the molecule is CCCCCC1CC(CO)C2(C1)CC1(C)C3C(CC1(O)C1=CC(=O)C4C5c6cc(O)cc(O)c6CCC5(O)C(O)CC4(C)C12)OC1(C2CCC(C)(C=C2CNCC)C(C)C1O)C3(O)CCO. The third-order valence-electron chi connectivity index (χ3n) is 21.5. The van der Waals surface area contributed by atoms with Crippen molar-refractivity contribution in [1.29, 1.82) is 0 Å². The number of fused-ring (bicyclic) bond motifs is 14. The van der Waals surface area contributed by atoms with Gasteiger partial charge >= 0.3 is 0 Å². The highest BCUT2D eigenvalue weighted by atomic mass is 16.6. The summed E-state index contributed by atoms with van der Waals surface area (Å²) in [5.41, 5.74) is -7.59. The van der Waals surface area contributed by atoms with Gasteiger partial charge in [0.2, 0.25) is 0 Å². The number of aliphatic hydroxyl groups is 7. The first kappa shape index (κ1) is 47.3. The molecule has 1 saturated heterocycles. The predicted molar refractivity (Wildman–Crippen MR) is 247 cm³/mol. The zero-order valence-electron chi connectivity index (χ0n) is 40.2. The van der Waals surface area contributed by atoms with Crippen LogP contribution in [0.25, 0.3) is 0 Å². The fourth-order valence-corrected chi connectivity index (χ4v) is 18.9. The second-order valence-corrected chi connectivity index (χ2v) is 24.4. The number of phenols is 2. The number of nitrogens with one attached hydrogen (secondary N) is 1. The van der Waals surface area contributed by atoms with Gasteiger partial charge in [0, 0.05) is 67.8 Å². The Bertz CT molecular complexity index is 2200. The van der Waals surface area contributed by atoms with Crippen LogP contribution in [0.1, 0.15) is 142 Å². The van der Waals surface area contributed by atoms with Crippen LogP contribution >= 0.6 is 0 Å². The van der Waals surface area contributed by atoms with Crippen LogP contribution in [0.3, 0.4) is 0 Å². The van der Waals surface area contributed by atoms with Gasteiger partial charge in [-0.25, -0.2) is 0 Å². The van der Waals surface area contributed by atoms with Crippen molar-refractivity contribution in [3.05, 3.63) is 46.6 Å². The van der Waals surface area contributed by atoms with Crippen molar-refractivity contribution in [2.24, 2.45) is 63.1 Å². The number of benzene rings is 1. The molecule has 1 aromatic rings. The topological polar surface area (TPSA) is 220 Å². The monoisotopic (exact) mass is 918 g/mol. The molecule has 1 aromatic carbocycles. The number of ether oxygens (including phenoxy) is 1. The Morgan fingerprint density at radius 3 is 2.41 bits per heavy atom. The quantitative estimate of drug-likeness (QED) is 0.106. The second-order valence-electron chi connectivity index (χ2n) is 24.4. The molecule has 0 aromatic heterocycles. The minimum atomic E-state index is -1.83. The van der Waals surface area contributed by atoms with Crippen LogP contribution in [0.15, 0.2) is 35.4 Å². The first-order valence-electron chi connectivity index (χ1n) is 25.8. The summed E-state index contributed by atoms with van der Waals surface area (Å²) in [6.07, 6.45) is 8.48. The number of aliphatic hydroxyl groups excluding tert-OH is 4. The van der Waals surface area contributed by atoms with Crippen LogP contribution < -0.4 is 5.32 Å². The van der Waals surface area contributed by atoms with E-state index < -0.39 is 80.6 Å².